The standard InChI is InChI=1S/C17H28N2O3/c1-16(2,3)15-18-11-5-4-10(14(20)21)8-12(11)19(15)13-9-17(13)6-7-22-17/h10-13,15,18H,4-9H2,1-3H3,(H,20,21). The SMILES string of the molecule is CC(C)(C)C1NC2CCC(C(=O)O)CC2N1C1CC12CCO2. The fourth-order valence-corrected chi connectivity index (χ4v) is 4.92. The van der Waals surface area contributed by atoms with Crippen molar-refractivity contribution in [3.63, 3.8) is 0 Å². The maximum Gasteiger partial charge on any atom is 0.306 e. The Morgan fingerprint density at radius 1 is 1.36 bits per heavy atom. The molecule has 4 aliphatic rings. The van der Waals surface area contributed by atoms with Crippen LogP contribution in [0.5, 0.6) is 0 Å². The highest BCUT2D eigenvalue weighted by molar-refractivity contribution is 5.70. The van der Waals surface area contributed by atoms with Crippen molar-refractivity contribution < 1.29 is 14.6 Å². The second-order valence-electron chi connectivity index (χ2n) is 8.79. The number of nitrogens with one attached hydrogen (secondary N) is 1. The van der Waals surface area contributed by atoms with Gasteiger partial charge in [0.25, 0.3) is 0 Å². The molecule has 0 bridgehead atoms. The molecule has 124 valence electrons. The minimum Gasteiger partial charge on any atom is -0.481 e. The molecule has 5 heteroatoms. The molecular weight excluding hydrogens is 280 g/mol. The number of carboxylic acid groups (broad SMARTS) is 1. The lowest BCUT2D eigenvalue weighted by Gasteiger charge is -2.41. The summed E-state index contributed by atoms with van der Waals surface area (Å²) in [6.07, 6.45) is 5.19. The quantitative estimate of drug-likeness (QED) is 0.815. The molecule has 6 atom stereocenters. The molecule has 0 radical (unpaired) electrons. The van der Waals surface area contributed by atoms with E-state index in [0.29, 0.717) is 24.3 Å². The topological polar surface area (TPSA) is 61.8 Å². The summed E-state index contributed by atoms with van der Waals surface area (Å²) in [4.78, 5) is 14.1. The lowest BCUT2D eigenvalue weighted by atomic mass is 9.82. The number of aliphatic carboxylic acids is 1. The van der Waals surface area contributed by atoms with Crippen LogP contribution in [0, 0.1) is 11.3 Å². The van der Waals surface area contributed by atoms with E-state index in [1.807, 2.05) is 0 Å². The number of rotatable bonds is 2. The Balaban J connectivity index is 1.59. The summed E-state index contributed by atoms with van der Waals surface area (Å²) in [5, 5.41) is 13.2. The third-order valence-corrected chi connectivity index (χ3v) is 6.30. The zero-order valence-corrected chi connectivity index (χ0v) is 13.8. The first kappa shape index (κ1) is 14.9. The van der Waals surface area contributed by atoms with Gasteiger partial charge in [-0.25, -0.2) is 0 Å². The van der Waals surface area contributed by atoms with Gasteiger partial charge in [-0.15, -0.1) is 0 Å². The van der Waals surface area contributed by atoms with Gasteiger partial charge in [-0.3, -0.25) is 15.0 Å². The number of fused-ring (bicyclic) bond motifs is 1. The van der Waals surface area contributed by atoms with E-state index >= 15 is 0 Å². The van der Waals surface area contributed by atoms with Crippen molar-refractivity contribution in [2.24, 2.45) is 11.3 Å². The van der Waals surface area contributed by atoms with Crippen LogP contribution in [0.1, 0.15) is 52.9 Å². The van der Waals surface area contributed by atoms with Crippen LogP contribution in [-0.4, -0.2) is 52.5 Å². The number of ether oxygens (including phenoxy) is 1. The molecule has 0 aromatic heterocycles. The molecule has 22 heavy (non-hydrogen) atoms. The molecule has 0 aromatic carbocycles. The summed E-state index contributed by atoms with van der Waals surface area (Å²) in [6, 6.07) is 1.28. The fourth-order valence-electron chi connectivity index (χ4n) is 4.92. The smallest absolute Gasteiger partial charge is 0.306 e. The van der Waals surface area contributed by atoms with Crippen LogP contribution in [0.4, 0.5) is 0 Å². The number of hydrogen-bond donors (Lipinski definition) is 2. The van der Waals surface area contributed by atoms with E-state index in [2.05, 4.69) is 31.0 Å². The molecule has 2 heterocycles. The van der Waals surface area contributed by atoms with Gasteiger partial charge >= 0.3 is 5.97 Å². The molecule has 2 N–H and O–H groups in total. The van der Waals surface area contributed by atoms with Gasteiger partial charge in [-0.1, -0.05) is 20.8 Å². The Bertz CT molecular complexity index is 483. The Labute approximate surface area is 132 Å². The molecule has 0 amide bonds. The van der Waals surface area contributed by atoms with Crippen molar-refractivity contribution in [3.05, 3.63) is 0 Å². The first-order chi connectivity index (χ1) is 10.3. The summed E-state index contributed by atoms with van der Waals surface area (Å²) >= 11 is 0. The van der Waals surface area contributed by atoms with Crippen LogP contribution in [0.2, 0.25) is 0 Å². The van der Waals surface area contributed by atoms with Gasteiger partial charge in [0.2, 0.25) is 0 Å². The molecule has 5 nitrogen and oxygen atoms in total. The summed E-state index contributed by atoms with van der Waals surface area (Å²) in [6.45, 7) is 7.73. The normalized spacial score (nSPS) is 48.0. The van der Waals surface area contributed by atoms with Crippen molar-refractivity contribution in [1.82, 2.24) is 10.2 Å². The molecule has 0 aromatic rings. The van der Waals surface area contributed by atoms with Gasteiger partial charge in [-0.05, 0) is 31.1 Å². The minimum absolute atomic E-state index is 0.107. The van der Waals surface area contributed by atoms with Crippen LogP contribution in [0.25, 0.3) is 0 Å². The van der Waals surface area contributed by atoms with Crippen LogP contribution >= 0.6 is 0 Å². The lowest BCUT2D eigenvalue weighted by Crippen LogP contribution is -2.52. The highest BCUT2D eigenvalue weighted by Gasteiger charge is 2.67. The van der Waals surface area contributed by atoms with E-state index in [0.717, 1.165) is 32.3 Å². The van der Waals surface area contributed by atoms with E-state index in [4.69, 9.17) is 4.74 Å². The van der Waals surface area contributed by atoms with E-state index in [1.54, 1.807) is 0 Å². The predicted octanol–water partition coefficient (Wildman–Crippen LogP) is 1.82. The summed E-state index contributed by atoms with van der Waals surface area (Å²) in [7, 11) is 0. The van der Waals surface area contributed by atoms with Gasteiger partial charge < -0.3 is 9.84 Å². The zero-order chi connectivity index (χ0) is 15.7. The number of carbonyl (C=O) groups is 1. The van der Waals surface area contributed by atoms with Gasteiger partial charge in [-0.2, -0.15) is 0 Å². The van der Waals surface area contributed by atoms with E-state index in [9.17, 15) is 9.90 Å². The number of carboxylic acids is 1. The zero-order valence-electron chi connectivity index (χ0n) is 13.8. The van der Waals surface area contributed by atoms with Crippen molar-refractivity contribution in [3.8, 4) is 0 Å². The van der Waals surface area contributed by atoms with Crippen molar-refractivity contribution >= 4 is 5.97 Å². The molecule has 2 aliphatic carbocycles. The first-order valence-electron chi connectivity index (χ1n) is 8.72. The van der Waals surface area contributed by atoms with E-state index in [-0.39, 0.29) is 16.9 Å². The maximum atomic E-state index is 11.4. The molecule has 2 saturated heterocycles. The molecule has 2 saturated carbocycles. The summed E-state index contributed by atoms with van der Waals surface area (Å²) in [5.41, 5.74) is 0.250. The van der Waals surface area contributed by atoms with Gasteiger partial charge in [0.05, 0.1) is 24.3 Å². The van der Waals surface area contributed by atoms with Crippen LogP contribution in [0.3, 0.4) is 0 Å². The molecule has 2 aliphatic heterocycles. The van der Waals surface area contributed by atoms with E-state index in [1.165, 1.54) is 6.42 Å². The Kier molecular flexibility index (Phi) is 3.17. The van der Waals surface area contributed by atoms with Crippen molar-refractivity contribution in [1.29, 1.82) is 0 Å². The largest absolute Gasteiger partial charge is 0.481 e. The van der Waals surface area contributed by atoms with Gasteiger partial charge in [0.15, 0.2) is 0 Å². The predicted molar refractivity (Wildman–Crippen MR) is 82.5 cm³/mol. The van der Waals surface area contributed by atoms with Crippen molar-refractivity contribution in [2.45, 2.75) is 82.8 Å². The van der Waals surface area contributed by atoms with Gasteiger partial charge in [0, 0.05) is 24.5 Å². The first-order valence-corrected chi connectivity index (χ1v) is 8.72. The highest BCUT2D eigenvalue weighted by Crippen LogP contribution is 2.56. The Morgan fingerprint density at radius 2 is 2.09 bits per heavy atom. The van der Waals surface area contributed by atoms with Crippen LogP contribution in [-0.2, 0) is 9.53 Å². The molecule has 4 fully saturated rings. The minimum atomic E-state index is -0.622. The second-order valence-corrected chi connectivity index (χ2v) is 8.79. The lowest BCUT2D eigenvalue weighted by molar-refractivity contribution is -0.143. The third kappa shape index (κ3) is 2.13. The molecular formula is C17H28N2O3. The average molecular weight is 308 g/mol. The Hall–Kier alpha value is -0.650. The van der Waals surface area contributed by atoms with E-state index < -0.39 is 5.97 Å². The van der Waals surface area contributed by atoms with Crippen LogP contribution in [0.15, 0.2) is 0 Å². The second kappa shape index (κ2) is 4.68. The summed E-state index contributed by atoms with van der Waals surface area (Å²) < 4.78 is 5.88. The third-order valence-electron chi connectivity index (χ3n) is 6.30. The highest BCUT2D eigenvalue weighted by atomic mass is 16.5. The summed E-state index contributed by atoms with van der Waals surface area (Å²) in [5.74, 6) is -0.802. The number of hydrogen-bond acceptors (Lipinski definition) is 4. The van der Waals surface area contributed by atoms with Crippen LogP contribution < -0.4 is 5.32 Å². The fraction of sp³-hybridized carbons (Fsp3) is 0.941. The molecule has 6 unspecified atom stereocenters. The molecule has 4 rings (SSSR count). The monoisotopic (exact) mass is 308 g/mol. The number of nitrogens with zero attached hydrogens (tertiary/aromatic N) is 1. The van der Waals surface area contributed by atoms with Gasteiger partial charge in [0.1, 0.15) is 0 Å². The average Bonchev–Trinajstić information content (AvgIpc) is 3.03. The van der Waals surface area contributed by atoms with Crippen molar-refractivity contribution in [2.75, 3.05) is 6.61 Å². The molecule has 1 spiro atoms. The maximum absolute atomic E-state index is 11.4. The Morgan fingerprint density at radius 3 is 2.59 bits per heavy atom.